The summed E-state index contributed by atoms with van der Waals surface area (Å²) in [6.07, 6.45) is -3.62. The van der Waals surface area contributed by atoms with Crippen LogP contribution < -0.4 is 5.32 Å². The molecule has 0 aliphatic heterocycles. The molecule has 0 unspecified atom stereocenters. The Balaban J connectivity index is 2.46. The summed E-state index contributed by atoms with van der Waals surface area (Å²) in [5.74, 6) is -3.37. The number of amides is 1. The molecule has 1 amide bonds. The van der Waals surface area contributed by atoms with Crippen molar-refractivity contribution in [2.45, 2.75) is 6.18 Å². The second-order valence-corrected chi connectivity index (χ2v) is 4.75. The van der Waals surface area contributed by atoms with Gasteiger partial charge in [-0.05, 0) is 18.2 Å². The minimum Gasteiger partial charge on any atom is -0.478 e. The first kappa shape index (κ1) is 15.0. The van der Waals surface area contributed by atoms with Crippen LogP contribution in [0.15, 0.2) is 29.8 Å². The predicted octanol–water partition coefficient (Wildman–Crippen LogP) is 3.01. The highest BCUT2D eigenvalue weighted by Gasteiger charge is 2.39. The number of anilines is 1. The summed E-state index contributed by atoms with van der Waals surface area (Å²) in [4.78, 5) is 25.8. The smallest absolute Gasteiger partial charge is 0.471 e. The van der Waals surface area contributed by atoms with Crippen LogP contribution in [-0.4, -0.2) is 28.1 Å². The van der Waals surface area contributed by atoms with Crippen molar-refractivity contribution in [2.75, 3.05) is 5.32 Å². The minimum absolute atomic E-state index is 0.113. The number of nitrogens with zero attached hydrogens (tertiary/aromatic N) is 1. The van der Waals surface area contributed by atoms with Crippen LogP contribution in [0, 0.1) is 0 Å². The van der Waals surface area contributed by atoms with E-state index in [-0.39, 0.29) is 16.8 Å². The molecule has 0 saturated carbocycles. The molecule has 0 bridgehead atoms. The lowest BCUT2D eigenvalue weighted by atomic mass is 10.1. The fourth-order valence-corrected chi connectivity index (χ4v) is 2.18. The molecule has 2 rings (SSSR count). The van der Waals surface area contributed by atoms with Crippen LogP contribution >= 0.6 is 11.3 Å². The number of benzene rings is 1. The quantitative estimate of drug-likeness (QED) is 0.912. The average Bonchev–Trinajstić information content (AvgIpc) is 2.91. The number of carboxylic acid groups (broad SMARTS) is 1. The summed E-state index contributed by atoms with van der Waals surface area (Å²) in [7, 11) is 0. The van der Waals surface area contributed by atoms with E-state index in [1.165, 1.54) is 6.20 Å². The van der Waals surface area contributed by atoms with E-state index in [1.54, 1.807) is 10.7 Å². The van der Waals surface area contributed by atoms with Crippen LogP contribution in [0.5, 0.6) is 0 Å². The number of hydrogen-bond acceptors (Lipinski definition) is 4. The van der Waals surface area contributed by atoms with Gasteiger partial charge < -0.3 is 10.4 Å². The third-order valence-electron chi connectivity index (χ3n) is 2.43. The van der Waals surface area contributed by atoms with E-state index in [9.17, 15) is 22.8 Å². The van der Waals surface area contributed by atoms with Crippen LogP contribution in [0.3, 0.4) is 0 Å². The molecular formula is C12H7F3N2O3S. The van der Waals surface area contributed by atoms with Gasteiger partial charge in [-0.2, -0.15) is 13.2 Å². The first-order valence-electron chi connectivity index (χ1n) is 5.44. The van der Waals surface area contributed by atoms with Gasteiger partial charge in [0.15, 0.2) is 0 Å². The van der Waals surface area contributed by atoms with Crippen LogP contribution in [0.1, 0.15) is 10.4 Å². The lowest BCUT2D eigenvalue weighted by Crippen LogP contribution is -2.30. The van der Waals surface area contributed by atoms with Crippen molar-refractivity contribution in [1.82, 2.24) is 4.98 Å². The highest BCUT2D eigenvalue weighted by molar-refractivity contribution is 7.13. The summed E-state index contributed by atoms with van der Waals surface area (Å²) in [5.41, 5.74) is -0.162. The number of rotatable bonds is 3. The molecular weight excluding hydrogens is 309 g/mol. The van der Waals surface area contributed by atoms with Gasteiger partial charge in [-0.25, -0.2) is 9.78 Å². The highest BCUT2D eigenvalue weighted by atomic mass is 32.1. The maximum Gasteiger partial charge on any atom is 0.471 e. The summed E-state index contributed by atoms with van der Waals surface area (Å²) < 4.78 is 36.9. The number of thiazole rings is 1. The van der Waals surface area contributed by atoms with Gasteiger partial charge in [0.1, 0.15) is 5.01 Å². The zero-order chi connectivity index (χ0) is 15.6. The van der Waals surface area contributed by atoms with Crippen molar-refractivity contribution in [3.05, 3.63) is 35.3 Å². The Bertz CT molecular complexity index is 684. The number of hydrogen-bond donors (Lipinski definition) is 2. The molecule has 0 saturated heterocycles. The fourth-order valence-electron chi connectivity index (χ4n) is 1.51. The molecule has 0 atom stereocenters. The summed E-state index contributed by atoms with van der Waals surface area (Å²) in [6.45, 7) is 0. The van der Waals surface area contributed by atoms with Crippen molar-refractivity contribution >= 4 is 28.9 Å². The predicted molar refractivity (Wildman–Crippen MR) is 69.2 cm³/mol. The van der Waals surface area contributed by atoms with Crippen molar-refractivity contribution < 1.29 is 27.9 Å². The number of carbonyl (C=O) groups is 2. The Morgan fingerprint density at radius 1 is 1.29 bits per heavy atom. The summed E-state index contributed by atoms with van der Waals surface area (Å²) >= 11 is 1.11. The molecule has 5 nitrogen and oxygen atoms in total. The van der Waals surface area contributed by atoms with Crippen LogP contribution in [0.25, 0.3) is 10.6 Å². The molecule has 1 heterocycles. The van der Waals surface area contributed by atoms with E-state index < -0.39 is 18.1 Å². The zero-order valence-electron chi connectivity index (χ0n) is 10.1. The second kappa shape index (κ2) is 5.52. The SMILES string of the molecule is O=C(O)c1ccc(NC(=O)C(F)(F)F)c(-c2nccs2)c1. The Hall–Kier alpha value is -2.42. The maximum absolute atomic E-state index is 12.3. The number of carboxylic acids is 1. The lowest BCUT2D eigenvalue weighted by molar-refractivity contribution is -0.167. The van der Waals surface area contributed by atoms with E-state index in [2.05, 4.69) is 4.98 Å². The van der Waals surface area contributed by atoms with Gasteiger partial charge in [0, 0.05) is 17.1 Å². The number of aromatic carboxylic acids is 1. The number of halogens is 3. The Morgan fingerprint density at radius 2 is 2.00 bits per heavy atom. The third kappa shape index (κ3) is 3.37. The summed E-state index contributed by atoms with van der Waals surface area (Å²) in [6, 6.07) is 3.36. The van der Waals surface area contributed by atoms with Gasteiger partial charge in [0.2, 0.25) is 0 Å². The van der Waals surface area contributed by atoms with Crippen LogP contribution in [-0.2, 0) is 4.79 Å². The highest BCUT2D eigenvalue weighted by Crippen LogP contribution is 2.31. The zero-order valence-corrected chi connectivity index (χ0v) is 11.0. The molecule has 21 heavy (non-hydrogen) atoms. The molecule has 0 aliphatic rings. The van der Waals surface area contributed by atoms with E-state index in [0.717, 1.165) is 29.5 Å². The van der Waals surface area contributed by atoms with Gasteiger partial charge in [-0.1, -0.05) is 0 Å². The monoisotopic (exact) mass is 316 g/mol. The molecule has 9 heteroatoms. The minimum atomic E-state index is -5.04. The van der Waals surface area contributed by atoms with Crippen LogP contribution in [0.4, 0.5) is 18.9 Å². The molecule has 0 fully saturated rings. The first-order valence-corrected chi connectivity index (χ1v) is 6.32. The van der Waals surface area contributed by atoms with E-state index in [0.29, 0.717) is 5.01 Å². The molecule has 0 radical (unpaired) electrons. The van der Waals surface area contributed by atoms with Gasteiger partial charge >= 0.3 is 18.1 Å². The molecule has 0 aliphatic carbocycles. The van der Waals surface area contributed by atoms with Crippen LogP contribution in [0.2, 0.25) is 0 Å². The molecule has 2 aromatic rings. The van der Waals surface area contributed by atoms with E-state index in [4.69, 9.17) is 5.11 Å². The molecule has 1 aromatic heterocycles. The van der Waals surface area contributed by atoms with Crippen molar-refractivity contribution in [2.24, 2.45) is 0 Å². The Kier molecular flexibility index (Phi) is 3.94. The third-order valence-corrected chi connectivity index (χ3v) is 3.24. The topological polar surface area (TPSA) is 79.3 Å². The standard InChI is InChI=1S/C12H7F3N2O3S/c13-12(14,15)11(20)17-8-2-1-6(10(18)19)5-7(8)9-16-3-4-21-9/h1-5H,(H,17,20)(H,18,19). The molecule has 1 aromatic carbocycles. The molecule has 0 spiro atoms. The number of aromatic nitrogens is 1. The van der Waals surface area contributed by atoms with E-state index in [1.807, 2.05) is 0 Å². The fraction of sp³-hybridized carbons (Fsp3) is 0.0833. The maximum atomic E-state index is 12.3. The second-order valence-electron chi connectivity index (χ2n) is 3.85. The largest absolute Gasteiger partial charge is 0.478 e. The van der Waals surface area contributed by atoms with Crippen molar-refractivity contribution in [3.8, 4) is 10.6 Å². The Morgan fingerprint density at radius 3 is 2.52 bits per heavy atom. The number of nitrogens with one attached hydrogen (secondary N) is 1. The molecule has 110 valence electrons. The summed E-state index contributed by atoms with van der Waals surface area (Å²) in [5, 5.41) is 12.5. The molecule has 2 N–H and O–H groups in total. The average molecular weight is 316 g/mol. The van der Waals surface area contributed by atoms with Gasteiger partial charge in [0.05, 0.1) is 11.3 Å². The Labute approximate surface area is 120 Å². The van der Waals surface area contributed by atoms with Crippen molar-refractivity contribution in [3.63, 3.8) is 0 Å². The van der Waals surface area contributed by atoms with Gasteiger partial charge in [-0.3, -0.25) is 4.79 Å². The van der Waals surface area contributed by atoms with Gasteiger partial charge in [-0.15, -0.1) is 11.3 Å². The number of alkyl halides is 3. The lowest BCUT2D eigenvalue weighted by Gasteiger charge is -2.12. The van der Waals surface area contributed by atoms with Crippen molar-refractivity contribution in [1.29, 1.82) is 0 Å². The van der Waals surface area contributed by atoms with E-state index >= 15 is 0 Å². The van der Waals surface area contributed by atoms with Gasteiger partial charge in [0.25, 0.3) is 0 Å². The normalized spacial score (nSPS) is 11.2. The first-order chi connectivity index (χ1) is 9.79. The number of carbonyl (C=O) groups excluding carboxylic acids is 1.